The smallest absolute Gasteiger partial charge is 0.307 e. The Morgan fingerprint density at radius 2 is 2.07 bits per heavy atom. The third-order valence-corrected chi connectivity index (χ3v) is 2.79. The summed E-state index contributed by atoms with van der Waals surface area (Å²) >= 11 is 0. The first-order valence-electron chi connectivity index (χ1n) is 4.92. The van der Waals surface area contributed by atoms with E-state index in [1.807, 2.05) is 0 Å². The van der Waals surface area contributed by atoms with Gasteiger partial charge in [-0.15, -0.1) is 0 Å². The van der Waals surface area contributed by atoms with E-state index in [1.54, 1.807) is 13.8 Å². The number of hydrogen-bond acceptors (Lipinski definition) is 5. The van der Waals surface area contributed by atoms with Gasteiger partial charge in [0.05, 0.1) is 18.8 Å². The Labute approximate surface area is 91.1 Å². The van der Waals surface area contributed by atoms with Crippen molar-refractivity contribution in [3.63, 3.8) is 0 Å². The van der Waals surface area contributed by atoms with Crippen molar-refractivity contribution < 1.29 is 17.9 Å². The summed E-state index contributed by atoms with van der Waals surface area (Å²) in [7, 11) is -2.96. The van der Waals surface area contributed by atoms with Gasteiger partial charge in [0.15, 0.2) is 0 Å². The number of esters is 1. The summed E-state index contributed by atoms with van der Waals surface area (Å²) in [5, 5.41) is 2.95. The summed E-state index contributed by atoms with van der Waals surface area (Å²) in [6, 6.07) is -0.144. The molecule has 0 aromatic rings. The van der Waals surface area contributed by atoms with Crippen LogP contribution in [0, 0.1) is 0 Å². The van der Waals surface area contributed by atoms with Crippen molar-refractivity contribution in [2.24, 2.45) is 0 Å². The Balaban J connectivity index is 3.64. The predicted molar refractivity (Wildman–Crippen MR) is 58.4 cm³/mol. The maximum atomic E-state index is 10.9. The minimum absolute atomic E-state index is 0.0792. The fourth-order valence-electron chi connectivity index (χ4n) is 1.17. The van der Waals surface area contributed by atoms with E-state index >= 15 is 0 Å². The number of ether oxygens (including phenoxy) is 1. The molecule has 0 amide bonds. The molecule has 15 heavy (non-hydrogen) atoms. The highest BCUT2D eigenvalue weighted by molar-refractivity contribution is 7.90. The molecule has 0 aliphatic rings. The van der Waals surface area contributed by atoms with Crippen molar-refractivity contribution in [1.29, 1.82) is 0 Å². The summed E-state index contributed by atoms with van der Waals surface area (Å²) in [6.07, 6.45) is 1.46. The fourth-order valence-corrected chi connectivity index (χ4v) is 2.19. The Hall–Kier alpha value is -0.620. The number of hydrogen-bond donors (Lipinski definition) is 1. The molecule has 1 atom stereocenters. The molecule has 0 saturated heterocycles. The van der Waals surface area contributed by atoms with Crippen LogP contribution in [0.1, 0.15) is 20.3 Å². The van der Waals surface area contributed by atoms with E-state index in [0.717, 1.165) is 0 Å². The largest absolute Gasteiger partial charge is 0.466 e. The average molecular weight is 237 g/mol. The first kappa shape index (κ1) is 14.4. The average Bonchev–Trinajstić information content (AvgIpc) is 2.00. The predicted octanol–water partition coefficient (Wildman–Crippen LogP) is -0.0377. The lowest BCUT2D eigenvalue weighted by Crippen LogP contribution is -2.34. The van der Waals surface area contributed by atoms with Crippen molar-refractivity contribution in [3.05, 3.63) is 0 Å². The van der Waals surface area contributed by atoms with Gasteiger partial charge in [-0.2, -0.15) is 0 Å². The van der Waals surface area contributed by atoms with Gasteiger partial charge in [-0.05, 0) is 13.8 Å². The van der Waals surface area contributed by atoms with Crippen LogP contribution in [-0.4, -0.2) is 45.6 Å². The zero-order valence-corrected chi connectivity index (χ0v) is 10.3. The lowest BCUT2D eigenvalue weighted by molar-refractivity contribution is -0.142. The van der Waals surface area contributed by atoms with E-state index in [-0.39, 0.29) is 24.2 Å². The van der Waals surface area contributed by atoms with Crippen molar-refractivity contribution in [2.75, 3.05) is 25.2 Å². The van der Waals surface area contributed by atoms with Gasteiger partial charge < -0.3 is 10.1 Å². The summed E-state index contributed by atoms with van der Waals surface area (Å²) < 4.78 is 26.5. The molecule has 0 aromatic carbocycles. The number of rotatable bonds is 7. The molecule has 0 heterocycles. The Morgan fingerprint density at radius 3 is 2.53 bits per heavy atom. The molecule has 0 aliphatic heterocycles. The van der Waals surface area contributed by atoms with E-state index < -0.39 is 9.84 Å². The van der Waals surface area contributed by atoms with Crippen LogP contribution in [0.25, 0.3) is 0 Å². The van der Waals surface area contributed by atoms with Crippen molar-refractivity contribution in [3.8, 4) is 0 Å². The number of nitrogens with one attached hydrogen (secondary N) is 1. The van der Waals surface area contributed by atoms with E-state index in [1.165, 1.54) is 6.26 Å². The minimum atomic E-state index is -2.96. The highest BCUT2D eigenvalue weighted by Crippen LogP contribution is 1.91. The van der Waals surface area contributed by atoms with Crippen molar-refractivity contribution >= 4 is 15.8 Å². The summed E-state index contributed by atoms with van der Waals surface area (Å²) in [5.74, 6) is -0.188. The molecule has 0 rings (SSSR count). The zero-order valence-electron chi connectivity index (χ0n) is 9.45. The van der Waals surface area contributed by atoms with Crippen LogP contribution in [0.2, 0.25) is 0 Å². The lowest BCUT2D eigenvalue weighted by atomic mass is 10.3. The quantitative estimate of drug-likeness (QED) is 0.629. The fraction of sp³-hybridized carbons (Fsp3) is 0.889. The standard InChI is InChI=1S/C9H19NO4S/c1-4-14-9(11)5-6-10-8(2)7-15(3,12)13/h8,10H,4-7H2,1-3H3. The van der Waals surface area contributed by atoms with Crippen LogP contribution in [0.3, 0.4) is 0 Å². The Bertz CT molecular complexity index is 286. The van der Waals surface area contributed by atoms with Crippen molar-refractivity contribution in [1.82, 2.24) is 5.32 Å². The molecule has 5 nitrogen and oxygen atoms in total. The normalized spacial score (nSPS) is 13.5. The third kappa shape index (κ3) is 9.68. The second-order valence-electron chi connectivity index (χ2n) is 3.50. The van der Waals surface area contributed by atoms with E-state index in [2.05, 4.69) is 5.32 Å². The molecule has 1 N–H and O–H groups in total. The topological polar surface area (TPSA) is 72.5 Å². The molecule has 6 heteroatoms. The van der Waals surface area contributed by atoms with Crippen LogP contribution in [-0.2, 0) is 19.4 Å². The van der Waals surface area contributed by atoms with Gasteiger partial charge in [-0.3, -0.25) is 4.79 Å². The number of carbonyl (C=O) groups is 1. The van der Waals surface area contributed by atoms with Gasteiger partial charge >= 0.3 is 5.97 Å². The second-order valence-corrected chi connectivity index (χ2v) is 5.69. The molecule has 0 bridgehead atoms. The van der Waals surface area contributed by atoms with Gasteiger partial charge in [0.1, 0.15) is 9.84 Å². The number of sulfone groups is 1. The SMILES string of the molecule is CCOC(=O)CCNC(C)CS(C)(=O)=O. The monoisotopic (exact) mass is 237 g/mol. The first-order valence-corrected chi connectivity index (χ1v) is 6.98. The molecule has 90 valence electrons. The maximum absolute atomic E-state index is 10.9. The maximum Gasteiger partial charge on any atom is 0.307 e. The van der Waals surface area contributed by atoms with Gasteiger partial charge in [0.25, 0.3) is 0 Å². The summed E-state index contributed by atoms with van der Waals surface area (Å²) in [5.41, 5.74) is 0. The van der Waals surface area contributed by atoms with Gasteiger partial charge in [-0.1, -0.05) is 0 Å². The molecule has 1 unspecified atom stereocenters. The molecule has 0 saturated carbocycles. The lowest BCUT2D eigenvalue weighted by Gasteiger charge is -2.11. The van der Waals surface area contributed by atoms with Gasteiger partial charge in [-0.25, -0.2) is 8.42 Å². The zero-order chi connectivity index (χ0) is 11.9. The molecular weight excluding hydrogens is 218 g/mol. The van der Waals surface area contributed by atoms with Crippen molar-refractivity contribution in [2.45, 2.75) is 26.3 Å². The summed E-state index contributed by atoms with van der Waals surface area (Å²) in [4.78, 5) is 10.9. The van der Waals surface area contributed by atoms with E-state index in [9.17, 15) is 13.2 Å². The van der Waals surface area contributed by atoms with E-state index in [4.69, 9.17) is 4.74 Å². The minimum Gasteiger partial charge on any atom is -0.466 e. The van der Waals surface area contributed by atoms with Crippen LogP contribution in [0.5, 0.6) is 0 Å². The van der Waals surface area contributed by atoms with Gasteiger partial charge in [0.2, 0.25) is 0 Å². The molecule has 0 fully saturated rings. The highest BCUT2D eigenvalue weighted by atomic mass is 32.2. The third-order valence-electron chi connectivity index (χ3n) is 1.68. The summed E-state index contributed by atoms with van der Waals surface area (Å²) in [6.45, 7) is 4.33. The Morgan fingerprint density at radius 1 is 1.47 bits per heavy atom. The highest BCUT2D eigenvalue weighted by Gasteiger charge is 2.10. The molecule has 0 aliphatic carbocycles. The van der Waals surface area contributed by atoms with Crippen LogP contribution in [0.4, 0.5) is 0 Å². The molecule has 0 aromatic heterocycles. The van der Waals surface area contributed by atoms with Crippen LogP contribution in [0.15, 0.2) is 0 Å². The van der Waals surface area contributed by atoms with Gasteiger partial charge in [0, 0.05) is 18.8 Å². The van der Waals surface area contributed by atoms with Crippen LogP contribution >= 0.6 is 0 Å². The number of carbonyl (C=O) groups excluding carboxylic acids is 1. The second kappa shape index (κ2) is 6.79. The Kier molecular flexibility index (Phi) is 6.51. The first-order chi connectivity index (χ1) is 6.85. The van der Waals surface area contributed by atoms with Crippen LogP contribution < -0.4 is 5.32 Å². The molecule has 0 radical (unpaired) electrons. The van der Waals surface area contributed by atoms with E-state index in [0.29, 0.717) is 13.2 Å². The molecular formula is C9H19NO4S. The molecule has 0 spiro atoms.